The molecule has 1 unspecified atom stereocenters. The molecule has 0 bridgehead atoms. The van der Waals surface area contributed by atoms with E-state index >= 15 is 0 Å². The molecule has 0 aliphatic carbocycles. The Balaban J connectivity index is 1.98. The molecular weight excluding hydrogens is 275 g/mol. The Hall–Kier alpha value is -1.04. The highest BCUT2D eigenvalue weighted by molar-refractivity contribution is 7.80. The van der Waals surface area contributed by atoms with Gasteiger partial charge in [-0.15, -0.1) is 0 Å². The van der Waals surface area contributed by atoms with Crippen molar-refractivity contribution in [3.63, 3.8) is 0 Å². The van der Waals surface area contributed by atoms with Crippen LogP contribution in [0.15, 0.2) is 18.2 Å². The minimum Gasteiger partial charge on any atom is -0.389 e. The molecule has 1 aromatic carbocycles. The van der Waals surface area contributed by atoms with Crippen LogP contribution in [0.3, 0.4) is 0 Å². The lowest BCUT2D eigenvalue weighted by Crippen LogP contribution is -2.33. The molecule has 20 heavy (non-hydrogen) atoms. The van der Waals surface area contributed by atoms with E-state index < -0.39 is 0 Å². The highest BCUT2D eigenvalue weighted by atomic mass is 32.1. The van der Waals surface area contributed by atoms with Crippen LogP contribution in [0.1, 0.15) is 30.4 Å². The van der Waals surface area contributed by atoms with Gasteiger partial charge in [-0.25, -0.2) is 4.39 Å². The van der Waals surface area contributed by atoms with Crippen LogP contribution in [-0.2, 0) is 11.3 Å². The van der Waals surface area contributed by atoms with Crippen molar-refractivity contribution in [2.45, 2.75) is 31.9 Å². The van der Waals surface area contributed by atoms with Crippen LogP contribution in [0.25, 0.3) is 0 Å². The average Bonchev–Trinajstić information content (AvgIpc) is 2.42. The molecule has 0 saturated carbocycles. The molecule has 0 radical (unpaired) electrons. The number of nitrogens with two attached hydrogens (primary N) is 1. The quantitative estimate of drug-likeness (QED) is 0.847. The number of benzene rings is 1. The molecule has 1 aliphatic heterocycles. The van der Waals surface area contributed by atoms with Crippen LogP contribution < -0.4 is 5.73 Å². The summed E-state index contributed by atoms with van der Waals surface area (Å²) in [4.78, 5) is 2.18. The van der Waals surface area contributed by atoms with Crippen molar-refractivity contribution in [2.24, 2.45) is 5.73 Å². The fourth-order valence-corrected chi connectivity index (χ4v) is 2.70. The number of hydrogen-bond acceptors (Lipinski definition) is 3. The molecule has 0 aromatic heterocycles. The third-order valence-electron chi connectivity index (χ3n) is 3.57. The monoisotopic (exact) mass is 296 g/mol. The van der Waals surface area contributed by atoms with Gasteiger partial charge < -0.3 is 10.5 Å². The third-order valence-corrected chi connectivity index (χ3v) is 3.79. The molecule has 1 aliphatic rings. The smallest absolute Gasteiger partial charge is 0.137 e. The number of likely N-dealkylation sites (N-methyl/N-ethyl adjacent to an activating group) is 1. The lowest BCUT2D eigenvalue weighted by molar-refractivity contribution is -0.00272. The van der Waals surface area contributed by atoms with Gasteiger partial charge in [0, 0.05) is 30.8 Å². The zero-order chi connectivity index (χ0) is 14.5. The van der Waals surface area contributed by atoms with E-state index in [9.17, 15) is 4.39 Å². The summed E-state index contributed by atoms with van der Waals surface area (Å²) in [5.74, 6) is -0.309. The second-order valence-corrected chi connectivity index (χ2v) is 5.77. The molecule has 0 amide bonds. The van der Waals surface area contributed by atoms with Gasteiger partial charge in [-0.1, -0.05) is 24.4 Å². The molecular formula is C15H21FN2OS. The number of rotatable bonds is 5. The molecule has 5 heteroatoms. The van der Waals surface area contributed by atoms with Crippen molar-refractivity contribution >= 4 is 17.2 Å². The van der Waals surface area contributed by atoms with E-state index in [1.807, 2.05) is 7.05 Å². The normalized spacial score (nSPS) is 19.2. The number of hydrogen-bond donors (Lipinski definition) is 1. The highest BCUT2D eigenvalue weighted by Gasteiger charge is 2.17. The van der Waals surface area contributed by atoms with E-state index in [1.165, 1.54) is 6.42 Å². The van der Waals surface area contributed by atoms with Crippen LogP contribution in [0.4, 0.5) is 4.39 Å². The molecule has 1 heterocycles. The van der Waals surface area contributed by atoms with Crippen molar-refractivity contribution in [1.29, 1.82) is 0 Å². The van der Waals surface area contributed by atoms with Gasteiger partial charge in [0.1, 0.15) is 10.8 Å². The second-order valence-electron chi connectivity index (χ2n) is 5.33. The summed E-state index contributed by atoms with van der Waals surface area (Å²) in [6, 6.07) is 5.18. The zero-order valence-electron chi connectivity index (χ0n) is 11.8. The molecule has 2 N–H and O–H groups in total. The SMILES string of the molecule is CN(Cc1cccc(C(N)=S)c1F)CC1CCCCO1. The first-order chi connectivity index (χ1) is 9.58. The Morgan fingerprint density at radius 1 is 1.50 bits per heavy atom. The first kappa shape index (κ1) is 15.4. The number of nitrogens with zero attached hydrogens (tertiary/aromatic N) is 1. The minimum atomic E-state index is -0.309. The number of halogens is 1. The van der Waals surface area contributed by atoms with Crippen LogP contribution in [0.2, 0.25) is 0 Å². The van der Waals surface area contributed by atoms with Gasteiger partial charge in [0.2, 0.25) is 0 Å². The Bertz CT molecular complexity index is 475. The summed E-state index contributed by atoms with van der Waals surface area (Å²) in [6.07, 6.45) is 3.70. The molecule has 1 aromatic rings. The summed E-state index contributed by atoms with van der Waals surface area (Å²) in [5, 5.41) is 0. The lowest BCUT2D eigenvalue weighted by Gasteiger charge is -2.27. The van der Waals surface area contributed by atoms with Crippen molar-refractivity contribution in [2.75, 3.05) is 20.2 Å². The van der Waals surface area contributed by atoms with Gasteiger partial charge in [-0.2, -0.15) is 0 Å². The third kappa shape index (κ3) is 3.98. The zero-order valence-corrected chi connectivity index (χ0v) is 12.6. The van der Waals surface area contributed by atoms with Gasteiger partial charge >= 0.3 is 0 Å². The predicted octanol–water partition coefficient (Wildman–Crippen LogP) is 2.46. The first-order valence-electron chi connectivity index (χ1n) is 6.95. The van der Waals surface area contributed by atoms with Gasteiger partial charge in [-0.05, 0) is 32.4 Å². The van der Waals surface area contributed by atoms with Crippen molar-refractivity contribution < 1.29 is 9.13 Å². The maximum atomic E-state index is 14.2. The summed E-state index contributed by atoms with van der Waals surface area (Å²) in [7, 11) is 1.98. The summed E-state index contributed by atoms with van der Waals surface area (Å²) >= 11 is 4.86. The Morgan fingerprint density at radius 3 is 2.95 bits per heavy atom. The van der Waals surface area contributed by atoms with Gasteiger partial charge in [-0.3, -0.25) is 4.90 Å². The fraction of sp³-hybridized carbons (Fsp3) is 0.533. The summed E-state index contributed by atoms with van der Waals surface area (Å²) in [6.45, 7) is 2.18. The summed E-state index contributed by atoms with van der Waals surface area (Å²) in [5.41, 5.74) is 6.46. The first-order valence-corrected chi connectivity index (χ1v) is 7.36. The average molecular weight is 296 g/mol. The Kier molecular flexibility index (Phi) is 5.46. The van der Waals surface area contributed by atoms with E-state index in [1.54, 1.807) is 18.2 Å². The minimum absolute atomic E-state index is 0.0996. The molecule has 1 atom stereocenters. The van der Waals surface area contributed by atoms with E-state index in [0.29, 0.717) is 17.7 Å². The second kappa shape index (κ2) is 7.11. The highest BCUT2D eigenvalue weighted by Crippen LogP contribution is 2.17. The predicted molar refractivity (Wildman–Crippen MR) is 82.2 cm³/mol. The standard InChI is InChI=1S/C15H21FN2OS/c1-18(10-12-6-2-3-8-19-12)9-11-5-4-7-13(14(11)16)15(17)20/h4-5,7,12H,2-3,6,8-10H2,1H3,(H2,17,20). The largest absolute Gasteiger partial charge is 0.389 e. The van der Waals surface area contributed by atoms with Gasteiger partial charge in [0.15, 0.2) is 0 Å². The number of ether oxygens (including phenoxy) is 1. The maximum Gasteiger partial charge on any atom is 0.137 e. The van der Waals surface area contributed by atoms with E-state index in [0.717, 1.165) is 26.0 Å². The van der Waals surface area contributed by atoms with Crippen molar-refractivity contribution in [3.8, 4) is 0 Å². The van der Waals surface area contributed by atoms with Crippen LogP contribution in [0, 0.1) is 5.82 Å². The molecule has 2 rings (SSSR count). The van der Waals surface area contributed by atoms with Gasteiger partial charge in [0.05, 0.1) is 6.10 Å². The Labute approximate surface area is 124 Å². The van der Waals surface area contributed by atoms with E-state index in [2.05, 4.69) is 4.90 Å². The molecule has 1 fully saturated rings. The maximum absolute atomic E-state index is 14.2. The Morgan fingerprint density at radius 2 is 2.30 bits per heavy atom. The number of thiocarbonyl (C=S) groups is 1. The molecule has 3 nitrogen and oxygen atoms in total. The molecule has 0 spiro atoms. The lowest BCUT2D eigenvalue weighted by atomic mass is 10.1. The topological polar surface area (TPSA) is 38.5 Å². The van der Waals surface area contributed by atoms with Crippen molar-refractivity contribution in [1.82, 2.24) is 4.90 Å². The van der Waals surface area contributed by atoms with Crippen LogP contribution >= 0.6 is 12.2 Å². The van der Waals surface area contributed by atoms with E-state index in [4.69, 9.17) is 22.7 Å². The summed E-state index contributed by atoms with van der Waals surface area (Å²) < 4.78 is 19.9. The van der Waals surface area contributed by atoms with Crippen LogP contribution in [-0.4, -0.2) is 36.2 Å². The van der Waals surface area contributed by atoms with Gasteiger partial charge in [0.25, 0.3) is 0 Å². The molecule has 110 valence electrons. The van der Waals surface area contributed by atoms with Crippen LogP contribution in [0.5, 0.6) is 0 Å². The van der Waals surface area contributed by atoms with E-state index in [-0.39, 0.29) is 16.9 Å². The fourth-order valence-electron chi connectivity index (χ4n) is 2.55. The molecule has 1 saturated heterocycles. The van der Waals surface area contributed by atoms with Crippen molar-refractivity contribution in [3.05, 3.63) is 35.1 Å².